The number of benzene rings is 1. The standard InChI is InChI=1S/C20H19F2N7/c1-28-11-14(10-25-28)13-2-3-16-15(8-13)19(27-26-16)17-9-18(24-12-23-17)29-6-4-20(21,22)5-7-29/h2-3,8-12H,4-7H2,1H3,(H,26,27). The van der Waals surface area contributed by atoms with Crippen LogP contribution in [0.5, 0.6) is 0 Å². The zero-order chi connectivity index (χ0) is 20.0. The Morgan fingerprint density at radius 3 is 2.66 bits per heavy atom. The van der Waals surface area contributed by atoms with Gasteiger partial charge in [-0.1, -0.05) is 6.07 Å². The topological polar surface area (TPSA) is 75.5 Å². The fourth-order valence-electron chi connectivity index (χ4n) is 3.67. The molecule has 0 spiro atoms. The fourth-order valence-corrected chi connectivity index (χ4v) is 3.67. The van der Waals surface area contributed by atoms with Crippen molar-refractivity contribution in [3.63, 3.8) is 0 Å². The number of piperidine rings is 1. The van der Waals surface area contributed by atoms with Gasteiger partial charge in [0.05, 0.1) is 17.4 Å². The summed E-state index contributed by atoms with van der Waals surface area (Å²) in [6, 6.07) is 7.85. The molecule has 29 heavy (non-hydrogen) atoms. The number of aromatic amines is 1. The minimum absolute atomic E-state index is 0.161. The van der Waals surface area contributed by atoms with Crippen molar-refractivity contribution in [1.82, 2.24) is 29.9 Å². The lowest BCUT2D eigenvalue weighted by Gasteiger charge is -2.32. The first-order chi connectivity index (χ1) is 14.0. The van der Waals surface area contributed by atoms with E-state index in [1.165, 1.54) is 6.33 Å². The van der Waals surface area contributed by atoms with Crippen molar-refractivity contribution >= 4 is 16.7 Å². The van der Waals surface area contributed by atoms with E-state index in [0.717, 1.165) is 22.0 Å². The van der Waals surface area contributed by atoms with Crippen LogP contribution in [0.15, 0.2) is 43.0 Å². The van der Waals surface area contributed by atoms with E-state index < -0.39 is 5.92 Å². The van der Waals surface area contributed by atoms with Gasteiger partial charge in [0.1, 0.15) is 17.8 Å². The van der Waals surface area contributed by atoms with Gasteiger partial charge < -0.3 is 4.90 Å². The highest BCUT2D eigenvalue weighted by Gasteiger charge is 2.34. The molecular formula is C20H19F2N7. The quantitative estimate of drug-likeness (QED) is 0.573. The number of H-pyrrole nitrogens is 1. The van der Waals surface area contributed by atoms with E-state index >= 15 is 0 Å². The maximum absolute atomic E-state index is 13.5. The molecule has 0 saturated carbocycles. The average molecular weight is 395 g/mol. The van der Waals surface area contributed by atoms with Crippen LogP contribution in [0.4, 0.5) is 14.6 Å². The third kappa shape index (κ3) is 3.32. The van der Waals surface area contributed by atoms with Crippen molar-refractivity contribution in [2.45, 2.75) is 18.8 Å². The van der Waals surface area contributed by atoms with Gasteiger partial charge in [-0.2, -0.15) is 10.2 Å². The summed E-state index contributed by atoms with van der Waals surface area (Å²) in [5, 5.41) is 12.6. The Labute approximate surface area is 165 Å². The molecule has 4 heterocycles. The first kappa shape index (κ1) is 17.7. The van der Waals surface area contributed by atoms with Crippen molar-refractivity contribution in [1.29, 1.82) is 0 Å². The number of nitrogens with zero attached hydrogens (tertiary/aromatic N) is 6. The Balaban J connectivity index is 1.51. The number of anilines is 1. The molecule has 1 saturated heterocycles. The molecule has 0 atom stereocenters. The average Bonchev–Trinajstić information content (AvgIpc) is 3.34. The summed E-state index contributed by atoms with van der Waals surface area (Å²) in [4.78, 5) is 10.5. The number of hydrogen-bond donors (Lipinski definition) is 1. The first-order valence-electron chi connectivity index (χ1n) is 9.41. The van der Waals surface area contributed by atoms with E-state index in [1.54, 1.807) is 4.68 Å². The van der Waals surface area contributed by atoms with Crippen LogP contribution in [0.1, 0.15) is 12.8 Å². The predicted molar refractivity (Wildman–Crippen MR) is 106 cm³/mol. The largest absolute Gasteiger partial charge is 0.356 e. The monoisotopic (exact) mass is 395 g/mol. The number of rotatable bonds is 3. The Hall–Kier alpha value is -3.36. The van der Waals surface area contributed by atoms with Crippen molar-refractivity contribution < 1.29 is 8.78 Å². The Bertz CT molecular complexity index is 1170. The smallest absolute Gasteiger partial charge is 0.251 e. The molecule has 1 aliphatic heterocycles. The van der Waals surface area contributed by atoms with Gasteiger partial charge in [0.25, 0.3) is 5.92 Å². The van der Waals surface area contributed by atoms with E-state index in [2.05, 4.69) is 31.3 Å². The lowest BCUT2D eigenvalue weighted by Crippen LogP contribution is -2.39. The van der Waals surface area contributed by atoms with Crippen molar-refractivity contribution in [3.8, 4) is 22.5 Å². The molecule has 7 nitrogen and oxygen atoms in total. The predicted octanol–water partition coefficient (Wildman–Crippen LogP) is 3.66. The molecule has 9 heteroatoms. The van der Waals surface area contributed by atoms with Gasteiger partial charge in [-0.15, -0.1) is 0 Å². The van der Waals surface area contributed by atoms with Crippen LogP contribution in [0.3, 0.4) is 0 Å². The second-order valence-corrected chi connectivity index (χ2v) is 7.34. The highest BCUT2D eigenvalue weighted by molar-refractivity contribution is 5.95. The molecule has 0 unspecified atom stereocenters. The zero-order valence-electron chi connectivity index (χ0n) is 15.8. The number of halogens is 2. The number of aryl methyl sites for hydroxylation is 1. The summed E-state index contributed by atoms with van der Waals surface area (Å²) >= 11 is 0. The third-order valence-corrected chi connectivity index (χ3v) is 5.32. The van der Waals surface area contributed by atoms with Gasteiger partial charge in [-0.3, -0.25) is 9.78 Å². The Morgan fingerprint density at radius 2 is 1.90 bits per heavy atom. The summed E-state index contributed by atoms with van der Waals surface area (Å²) in [5.41, 5.74) is 4.30. The summed E-state index contributed by atoms with van der Waals surface area (Å²) in [6.45, 7) is 0.547. The SMILES string of the molecule is Cn1cc(-c2ccc3[nH]nc(-c4cc(N5CCC(F)(F)CC5)ncn4)c3c2)cn1. The van der Waals surface area contributed by atoms with Gasteiger partial charge in [0, 0.05) is 56.2 Å². The Morgan fingerprint density at radius 1 is 1.07 bits per heavy atom. The zero-order valence-corrected chi connectivity index (χ0v) is 15.8. The normalized spacial score (nSPS) is 16.4. The minimum atomic E-state index is -2.59. The summed E-state index contributed by atoms with van der Waals surface area (Å²) in [5.74, 6) is -1.95. The van der Waals surface area contributed by atoms with Crippen LogP contribution < -0.4 is 4.90 Å². The van der Waals surface area contributed by atoms with E-state index in [1.807, 2.05) is 42.5 Å². The molecule has 1 aliphatic rings. The van der Waals surface area contributed by atoms with E-state index in [0.29, 0.717) is 17.2 Å². The van der Waals surface area contributed by atoms with Gasteiger partial charge in [-0.25, -0.2) is 18.7 Å². The molecule has 0 bridgehead atoms. The third-order valence-electron chi connectivity index (χ3n) is 5.32. The van der Waals surface area contributed by atoms with Crippen LogP contribution >= 0.6 is 0 Å². The number of fused-ring (bicyclic) bond motifs is 1. The van der Waals surface area contributed by atoms with Crippen LogP contribution in [0.2, 0.25) is 0 Å². The maximum atomic E-state index is 13.5. The van der Waals surface area contributed by atoms with E-state index in [-0.39, 0.29) is 25.9 Å². The summed E-state index contributed by atoms with van der Waals surface area (Å²) in [7, 11) is 1.88. The molecular weight excluding hydrogens is 376 g/mol. The lowest BCUT2D eigenvalue weighted by atomic mass is 10.0. The van der Waals surface area contributed by atoms with E-state index in [9.17, 15) is 8.78 Å². The molecule has 1 aromatic carbocycles. The Kier molecular flexibility index (Phi) is 4.04. The molecule has 148 valence electrons. The number of hydrogen-bond acceptors (Lipinski definition) is 5. The molecule has 0 aliphatic carbocycles. The van der Waals surface area contributed by atoms with Crippen LogP contribution in [-0.2, 0) is 7.05 Å². The van der Waals surface area contributed by atoms with Crippen LogP contribution in [0.25, 0.3) is 33.4 Å². The summed E-state index contributed by atoms with van der Waals surface area (Å²) < 4.78 is 28.7. The summed E-state index contributed by atoms with van der Waals surface area (Å²) in [6.07, 6.45) is 4.91. The van der Waals surface area contributed by atoms with Crippen molar-refractivity contribution in [3.05, 3.63) is 43.0 Å². The number of aromatic nitrogens is 6. The van der Waals surface area contributed by atoms with Gasteiger partial charge in [0.2, 0.25) is 0 Å². The first-order valence-corrected chi connectivity index (χ1v) is 9.41. The van der Waals surface area contributed by atoms with Crippen LogP contribution in [0, 0.1) is 0 Å². The molecule has 3 aromatic heterocycles. The number of alkyl halides is 2. The minimum Gasteiger partial charge on any atom is -0.356 e. The lowest BCUT2D eigenvalue weighted by molar-refractivity contribution is -0.0221. The highest BCUT2D eigenvalue weighted by Crippen LogP contribution is 2.33. The van der Waals surface area contributed by atoms with Crippen LogP contribution in [-0.4, -0.2) is 49.0 Å². The molecule has 4 aromatic rings. The van der Waals surface area contributed by atoms with Crippen molar-refractivity contribution in [2.24, 2.45) is 7.05 Å². The van der Waals surface area contributed by atoms with Gasteiger partial charge in [0.15, 0.2) is 0 Å². The number of nitrogens with one attached hydrogen (secondary N) is 1. The molecule has 1 fully saturated rings. The second-order valence-electron chi connectivity index (χ2n) is 7.34. The molecule has 5 rings (SSSR count). The molecule has 1 N–H and O–H groups in total. The van der Waals surface area contributed by atoms with E-state index in [4.69, 9.17) is 0 Å². The van der Waals surface area contributed by atoms with Crippen molar-refractivity contribution in [2.75, 3.05) is 18.0 Å². The van der Waals surface area contributed by atoms with Gasteiger partial charge in [-0.05, 0) is 17.7 Å². The fraction of sp³-hybridized carbons (Fsp3) is 0.300. The highest BCUT2D eigenvalue weighted by atomic mass is 19.3. The van der Waals surface area contributed by atoms with Gasteiger partial charge >= 0.3 is 0 Å². The second kappa shape index (κ2) is 6.61. The maximum Gasteiger partial charge on any atom is 0.251 e. The molecule has 0 amide bonds. The molecule has 0 radical (unpaired) electrons.